The third-order valence-corrected chi connectivity index (χ3v) is 4.69. The van der Waals surface area contributed by atoms with Gasteiger partial charge < -0.3 is 11.1 Å². The minimum Gasteiger partial charge on any atom is -0.399 e. The van der Waals surface area contributed by atoms with Gasteiger partial charge in [0.05, 0.1) is 0 Å². The molecular weight excluding hydrogens is 284 g/mol. The highest BCUT2D eigenvalue weighted by molar-refractivity contribution is 7.85. The van der Waals surface area contributed by atoms with Crippen LogP contribution in [0.2, 0.25) is 0 Å². The van der Waals surface area contributed by atoms with Crippen LogP contribution in [-0.4, -0.2) is 15.4 Å². The van der Waals surface area contributed by atoms with E-state index in [9.17, 15) is 9.00 Å². The van der Waals surface area contributed by atoms with Crippen molar-refractivity contribution in [1.82, 2.24) is 0 Å². The minimum atomic E-state index is -1.27. The molecule has 21 heavy (non-hydrogen) atoms. The monoisotopic (exact) mass is 302 g/mol. The number of nitrogens with one attached hydrogen (secondary N) is 1. The Hall–Kier alpha value is -2.14. The molecule has 0 heterocycles. The van der Waals surface area contributed by atoms with E-state index in [-0.39, 0.29) is 5.91 Å². The van der Waals surface area contributed by atoms with Crippen LogP contribution in [0.15, 0.2) is 54.6 Å². The van der Waals surface area contributed by atoms with Crippen molar-refractivity contribution in [2.24, 2.45) is 0 Å². The molecule has 0 saturated heterocycles. The van der Waals surface area contributed by atoms with Gasteiger partial charge >= 0.3 is 0 Å². The molecule has 1 amide bonds. The first-order valence-electron chi connectivity index (χ1n) is 6.64. The Bertz CT molecular complexity index is 644. The Labute approximate surface area is 126 Å². The number of anilines is 2. The normalized spacial score (nSPS) is 13.4. The van der Waals surface area contributed by atoms with Crippen molar-refractivity contribution in [1.29, 1.82) is 0 Å². The fourth-order valence-electron chi connectivity index (χ4n) is 1.84. The standard InChI is InChI=1S/C16H18N2O2S/c1-12(21(20)11-13-6-3-2-4-7-13)16(19)18-15-9-5-8-14(17)10-15/h2-10,12H,11,17H2,1H3,(H,18,19). The number of benzene rings is 2. The van der Waals surface area contributed by atoms with Gasteiger partial charge in [-0.05, 0) is 30.7 Å². The van der Waals surface area contributed by atoms with Gasteiger partial charge in [-0.2, -0.15) is 0 Å². The lowest BCUT2D eigenvalue weighted by Crippen LogP contribution is -2.29. The maximum absolute atomic E-state index is 12.2. The van der Waals surface area contributed by atoms with Crippen molar-refractivity contribution in [3.8, 4) is 0 Å². The molecule has 0 aliphatic heterocycles. The van der Waals surface area contributed by atoms with Gasteiger partial charge in [0.2, 0.25) is 5.91 Å². The van der Waals surface area contributed by atoms with E-state index in [0.29, 0.717) is 17.1 Å². The summed E-state index contributed by atoms with van der Waals surface area (Å²) in [7, 11) is -1.27. The Morgan fingerprint density at radius 2 is 1.90 bits per heavy atom. The first-order valence-corrected chi connectivity index (χ1v) is 8.02. The summed E-state index contributed by atoms with van der Waals surface area (Å²) in [5.41, 5.74) is 7.81. The Morgan fingerprint density at radius 3 is 2.57 bits per heavy atom. The fraction of sp³-hybridized carbons (Fsp3) is 0.188. The van der Waals surface area contributed by atoms with Gasteiger partial charge in [0.25, 0.3) is 0 Å². The van der Waals surface area contributed by atoms with Crippen LogP contribution in [-0.2, 0) is 21.3 Å². The minimum absolute atomic E-state index is 0.269. The summed E-state index contributed by atoms with van der Waals surface area (Å²) in [4.78, 5) is 12.1. The van der Waals surface area contributed by atoms with E-state index >= 15 is 0 Å². The van der Waals surface area contributed by atoms with Gasteiger partial charge in [-0.3, -0.25) is 9.00 Å². The molecule has 0 aliphatic carbocycles. The molecule has 0 radical (unpaired) electrons. The molecule has 110 valence electrons. The lowest BCUT2D eigenvalue weighted by molar-refractivity contribution is -0.115. The van der Waals surface area contributed by atoms with E-state index in [1.54, 1.807) is 31.2 Å². The number of carbonyl (C=O) groups excluding carboxylic acids is 1. The van der Waals surface area contributed by atoms with Crippen LogP contribution in [0.4, 0.5) is 11.4 Å². The lowest BCUT2D eigenvalue weighted by atomic mass is 10.2. The van der Waals surface area contributed by atoms with Crippen molar-refractivity contribution in [3.05, 3.63) is 60.2 Å². The van der Waals surface area contributed by atoms with E-state index in [1.807, 2.05) is 30.3 Å². The van der Waals surface area contributed by atoms with Crippen molar-refractivity contribution in [2.75, 3.05) is 11.1 Å². The topological polar surface area (TPSA) is 72.2 Å². The van der Waals surface area contributed by atoms with Crippen LogP contribution in [0.1, 0.15) is 12.5 Å². The van der Waals surface area contributed by atoms with E-state index in [2.05, 4.69) is 5.32 Å². The quantitative estimate of drug-likeness (QED) is 0.834. The van der Waals surface area contributed by atoms with Crippen LogP contribution in [0.25, 0.3) is 0 Å². The molecule has 0 bridgehead atoms. The number of hydrogen-bond acceptors (Lipinski definition) is 3. The number of hydrogen-bond donors (Lipinski definition) is 2. The maximum atomic E-state index is 12.2. The van der Waals surface area contributed by atoms with Crippen LogP contribution < -0.4 is 11.1 Å². The lowest BCUT2D eigenvalue weighted by Gasteiger charge is -2.12. The van der Waals surface area contributed by atoms with Crippen LogP contribution in [0.3, 0.4) is 0 Å². The van der Waals surface area contributed by atoms with E-state index in [0.717, 1.165) is 5.56 Å². The zero-order valence-electron chi connectivity index (χ0n) is 11.8. The summed E-state index contributed by atoms with van der Waals surface area (Å²) < 4.78 is 12.2. The van der Waals surface area contributed by atoms with Gasteiger partial charge in [0.1, 0.15) is 5.25 Å². The number of nitrogen functional groups attached to an aromatic ring is 1. The van der Waals surface area contributed by atoms with Crippen molar-refractivity contribution in [3.63, 3.8) is 0 Å². The Balaban J connectivity index is 1.97. The second-order valence-electron chi connectivity index (χ2n) is 4.77. The number of rotatable bonds is 5. The van der Waals surface area contributed by atoms with E-state index in [4.69, 9.17) is 5.73 Å². The number of carbonyl (C=O) groups is 1. The second-order valence-corrected chi connectivity index (χ2v) is 6.52. The molecule has 4 nitrogen and oxygen atoms in total. The van der Waals surface area contributed by atoms with Crippen LogP contribution >= 0.6 is 0 Å². The number of nitrogens with two attached hydrogens (primary N) is 1. The maximum Gasteiger partial charge on any atom is 0.239 e. The summed E-state index contributed by atoms with van der Waals surface area (Å²) in [5.74, 6) is 0.0988. The number of amides is 1. The predicted molar refractivity (Wildman–Crippen MR) is 87.2 cm³/mol. The summed E-state index contributed by atoms with van der Waals surface area (Å²) >= 11 is 0. The summed E-state index contributed by atoms with van der Waals surface area (Å²) in [5, 5.41) is 2.15. The molecule has 2 aromatic rings. The van der Waals surface area contributed by atoms with E-state index < -0.39 is 16.0 Å². The highest BCUT2D eigenvalue weighted by atomic mass is 32.2. The first kappa shape index (κ1) is 15.3. The smallest absolute Gasteiger partial charge is 0.239 e. The molecule has 0 saturated carbocycles. The molecule has 3 N–H and O–H groups in total. The fourth-order valence-corrected chi connectivity index (χ4v) is 2.91. The molecule has 2 aromatic carbocycles. The molecule has 2 rings (SSSR count). The average Bonchev–Trinajstić information content (AvgIpc) is 2.47. The molecule has 0 aromatic heterocycles. The van der Waals surface area contributed by atoms with Gasteiger partial charge in [0, 0.05) is 27.9 Å². The first-order chi connectivity index (χ1) is 10.1. The highest BCUT2D eigenvalue weighted by Crippen LogP contribution is 2.14. The molecule has 2 atom stereocenters. The molecule has 5 heteroatoms. The summed E-state index contributed by atoms with van der Waals surface area (Å²) in [6, 6.07) is 16.4. The van der Waals surface area contributed by atoms with Gasteiger partial charge in [-0.25, -0.2) is 0 Å². The van der Waals surface area contributed by atoms with E-state index in [1.165, 1.54) is 0 Å². The largest absolute Gasteiger partial charge is 0.399 e. The van der Waals surface area contributed by atoms with Gasteiger partial charge in [-0.1, -0.05) is 36.4 Å². The van der Waals surface area contributed by atoms with Crippen molar-refractivity contribution >= 4 is 28.1 Å². The SMILES string of the molecule is CC(C(=O)Nc1cccc(N)c1)S(=O)Cc1ccccc1. The van der Waals surface area contributed by atoms with Crippen LogP contribution in [0.5, 0.6) is 0 Å². The zero-order chi connectivity index (χ0) is 15.2. The van der Waals surface area contributed by atoms with Gasteiger partial charge in [-0.15, -0.1) is 0 Å². The highest BCUT2D eigenvalue weighted by Gasteiger charge is 2.20. The second kappa shape index (κ2) is 7.04. The third-order valence-electron chi connectivity index (χ3n) is 3.07. The molecule has 0 aliphatic rings. The molecule has 0 spiro atoms. The Kier molecular flexibility index (Phi) is 5.11. The molecule has 0 fully saturated rings. The third kappa shape index (κ3) is 4.43. The predicted octanol–water partition coefficient (Wildman–Crippen LogP) is 2.54. The summed E-state index contributed by atoms with van der Waals surface area (Å²) in [6.45, 7) is 1.67. The van der Waals surface area contributed by atoms with Crippen LogP contribution in [0, 0.1) is 0 Å². The van der Waals surface area contributed by atoms with Crippen molar-refractivity contribution < 1.29 is 9.00 Å². The molecular formula is C16H18N2O2S. The zero-order valence-corrected chi connectivity index (χ0v) is 12.6. The summed E-state index contributed by atoms with van der Waals surface area (Å²) in [6.07, 6.45) is 0. The molecule has 2 unspecified atom stereocenters. The average molecular weight is 302 g/mol. The van der Waals surface area contributed by atoms with Crippen molar-refractivity contribution in [2.45, 2.75) is 17.9 Å². The Morgan fingerprint density at radius 1 is 1.19 bits per heavy atom. The van der Waals surface area contributed by atoms with Gasteiger partial charge in [0.15, 0.2) is 0 Å².